The maximum absolute atomic E-state index is 12.6. The van der Waals surface area contributed by atoms with E-state index in [1.165, 1.54) is 0 Å². The van der Waals surface area contributed by atoms with E-state index in [1.807, 2.05) is 24.7 Å². The van der Waals surface area contributed by atoms with Crippen molar-refractivity contribution >= 4 is 17.8 Å². The van der Waals surface area contributed by atoms with Crippen LogP contribution in [0.4, 0.5) is 4.79 Å². The monoisotopic (exact) mass is 347 g/mol. The van der Waals surface area contributed by atoms with E-state index in [-0.39, 0.29) is 24.3 Å². The molecule has 0 bridgehead atoms. The molecule has 0 radical (unpaired) electrons. The van der Waals surface area contributed by atoms with E-state index in [2.05, 4.69) is 10.3 Å². The van der Waals surface area contributed by atoms with Gasteiger partial charge in [-0.05, 0) is 33.6 Å². The second-order valence-corrected chi connectivity index (χ2v) is 7.48. The van der Waals surface area contributed by atoms with Gasteiger partial charge in [-0.3, -0.25) is 14.5 Å². The highest BCUT2D eigenvalue weighted by atomic mass is 16.2. The van der Waals surface area contributed by atoms with Gasteiger partial charge in [0.1, 0.15) is 17.9 Å². The van der Waals surface area contributed by atoms with Crippen molar-refractivity contribution in [2.45, 2.75) is 45.1 Å². The molecule has 2 aliphatic rings. The third-order valence-electron chi connectivity index (χ3n) is 4.91. The van der Waals surface area contributed by atoms with Crippen LogP contribution in [0.15, 0.2) is 6.20 Å². The van der Waals surface area contributed by atoms with Gasteiger partial charge >= 0.3 is 6.03 Å². The van der Waals surface area contributed by atoms with E-state index < -0.39 is 11.6 Å². The zero-order valence-electron chi connectivity index (χ0n) is 15.2. The first-order chi connectivity index (χ1) is 11.7. The van der Waals surface area contributed by atoms with E-state index in [0.717, 1.165) is 29.3 Å². The predicted molar refractivity (Wildman–Crippen MR) is 90.8 cm³/mol. The van der Waals surface area contributed by atoms with Crippen LogP contribution in [0.25, 0.3) is 0 Å². The van der Waals surface area contributed by atoms with E-state index >= 15 is 0 Å². The Labute approximate surface area is 147 Å². The Balaban J connectivity index is 1.67. The van der Waals surface area contributed by atoms with Gasteiger partial charge in [-0.1, -0.05) is 0 Å². The molecular formula is C17H25N5O3. The Bertz CT molecular complexity index is 724. The molecule has 4 amide bonds. The summed E-state index contributed by atoms with van der Waals surface area (Å²) in [6, 6.07) is -0.503. The van der Waals surface area contributed by atoms with E-state index in [1.54, 1.807) is 18.7 Å². The molecule has 8 heteroatoms. The number of piperidine rings is 1. The second-order valence-electron chi connectivity index (χ2n) is 7.48. The number of imide groups is 1. The molecule has 1 N–H and O–H groups in total. The fourth-order valence-corrected chi connectivity index (χ4v) is 3.63. The number of amides is 4. The van der Waals surface area contributed by atoms with Crippen LogP contribution in [0, 0.1) is 6.92 Å². The largest absolute Gasteiger partial charge is 0.340 e. The number of imidazole rings is 1. The Kier molecular flexibility index (Phi) is 4.30. The van der Waals surface area contributed by atoms with Gasteiger partial charge in [0.05, 0.1) is 5.69 Å². The summed E-state index contributed by atoms with van der Waals surface area (Å²) in [7, 11) is 1.96. The highest BCUT2D eigenvalue weighted by Crippen LogP contribution is 2.26. The number of rotatable bonds is 3. The number of hydrogen-bond donors (Lipinski definition) is 1. The van der Waals surface area contributed by atoms with Crippen LogP contribution >= 0.6 is 0 Å². The first kappa shape index (κ1) is 17.4. The van der Waals surface area contributed by atoms with Crippen molar-refractivity contribution < 1.29 is 14.4 Å². The zero-order chi connectivity index (χ0) is 18.4. The van der Waals surface area contributed by atoms with Crippen LogP contribution in [-0.2, 0) is 16.6 Å². The van der Waals surface area contributed by atoms with E-state index in [9.17, 15) is 14.4 Å². The lowest BCUT2D eigenvalue weighted by Gasteiger charge is -2.33. The van der Waals surface area contributed by atoms with Crippen molar-refractivity contribution in [3.05, 3.63) is 17.7 Å². The Hall–Kier alpha value is -2.38. The summed E-state index contributed by atoms with van der Waals surface area (Å²) >= 11 is 0. The molecule has 0 spiro atoms. The Morgan fingerprint density at radius 2 is 2.12 bits per heavy atom. The number of nitrogens with one attached hydrogen (secondary N) is 1. The molecule has 25 heavy (non-hydrogen) atoms. The fourth-order valence-electron chi connectivity index (χ4n) is 3.63. The fraction of sp³-hybridized carbons (Fsp3) is 0.647. The number of aromatic nitrogens is 2. The van der Waals surface area contributed by atoms with Gasteiger partial charge in [-0.15, -0.1) is 0 Å². The number of carbonyl (C=O) groups excluding carboxylic acids is 3. The highest BCUT2D eigenvalue weighted by molar-refractivity contribution is 6.08. The molecule has 1 aromatic rings. The highest BCUT2D eigenvalue weighted by Gasteiger charge is 2.45. The predicted octanol–water partition coefficient (Wildman–Crippen LogP) is 0.765. The van der Waals surface area contributed by atoms with Crippen LogP contribution in [0.2, 0.25) is 0 Å². The molecule has 2 saturated heterocycles. The number of hydrogen-bond acceptors (Lipinski definition) is 4. The summed E-state index contributed by atoms with van der Waals surface area (Å²) in [6.07, 6.45) is 3.84. The molecule has 136 valence electrons. The maximum atomic E-state index is 12.6. The van der Waals surface area contributed by atoms with Crippen LogP contribution in [-0.4, -0.2) is 62.4 Å². The number of nitrogens with zero attached hydrogens (tertiary/aromatic N) is 4. The van der Waals surface area contributed by atoms with Crippen LogP contribution in [0.1, 0.15) is 44.1 Å². The Morgan fingerprint density at radius 1 is 1.40 bits per heavy atom. The molecule has 8 nitrogen and oxygen atoms in total. The number of urea groups is 1. The molecule has 0 aliphatic carbocycles. The molecule has 1 atom stereocenters. The third kappa shape index (κ3) is 3.25. The minimum Gasteiger partial charge on any atom is -0.340 e. The van der Waals surface area contributed by atoms with Gasteiger partial charge in [0.2, 0.25) is 5.91 Å². The lowest BCUT2D eigenvalue weighted by atomic mass is 9.97. The standard InChI is InChI=1S/C17H25N5O3/c1-11-8-20(4)14(18-11)12-6-5-7-21(9-12)13(23)10-22-15(24)17(2,3)19-16(22)25/h8,12H,5-7,9-10H2,1-4H3,(H,19,25). The average Bonchev–Trinajstić information content (AvgIpc) is 2.98. The van der Waals surface area contributed by atoms with Crippen LogP contribution < -0.4 is 5.32 Å². The lowest BCUT2D eigenvalue weighted by Crippen LogP contribution is -2.47. The first-order valence-corrected chi connectivity index (χ1v) is 8.61. The van der Waals surface area contributed by atoms with Crippen LogP contribution in [0.5, 0.6) is 0 Å². The molecule has 2 aliphatic heterocycles. The van der Waals surface area contributed by atoms with Gasteiger partial charge in [0.25, 0.3) is 5.91 Å². The summed E-state index contributed by atoms with van der Waals surface area (Å²) in [6.45, 7) is 6.23. The second kappa shape index (κ2) is 6.16. The van der Waals surface area contributed by atoms with Crippen molar-refractivity contribution in [1.29, 1.82) is 0 Å². The number of likely N-dealkylation sites (tertiary alicyclic amines) is 1. The van der Waals surface area contributed by atoms with Crippen molar-refractivity contribution in [3.63, 3.8) is 0 Å². The molecular weight excluding hydrogens is 322 g/mol. The smallest absolute Gasteiger partial charge is 0.325 e. The van der Waals surface area contributed by atoms with Gasteiger partial charge in [0, 0.05) is 32.3 Å². The topological polar surface area (TPSA) is 87.5 Å². The summed E-state index contributed by atoms with van der Waals surface area (Å²) in [5.74, 6) is 0.595. The summed E-state index contributed by atoms with van der Waals surface area (Å²) in [5.41, 5.74) is 0.00856. The first-order valence-electron chi connectivity index (χ1n) is 8.61. The average molecular weight is 347 g/mol. The third-order valence-corrected chi connectivity index (χ3v) is 4.91. The normalized spacial score (nSPS) is 23.1. The van der Waals surface area contributed by atoms with E-state index in [4.69, 9.17) is 0 Å². The van der Waals surface area contributed by atoms with Crippen molar-refractivity contribution in [2.24, 2.45) is 7.05 Å². The number of aryl methyl sites for hydroxylation is 2. The maximum Gasteiger partial charge on any atom is 0.325 e. The lowest BCUT2D eigenvalue weighted by molar-refractivity contribution is -0.139. The molecule has 1 unspecified atom stereocenters. The molecule has 1 aromatic heterocycles. The molecule has 3 rings (SSSR count). The van der Waals surface area contributed by atoms with Gasteiger partial charge in [-0.2, -0.15) is 0 Å². The summed E-state index contributed by atoms with van der Waals surface area (Å²) in [4.78, 5) is 44.2. The number of carbonyl (C=O) groups is 3. The molecule has 2 fully saturated rings. The van der Waals surface area contributed by atoms with Crippen molar-refractivity contribution in [3.8, 4) is 0 Å². The van der Waals surface area contributed by atoms with Gasteiger partial charge in [-0.25, -0.2) is 9.78 Å². The molecule has 3 heterocycles. The summed E-state index contributed by atoms with van der Waals surface area (Å²) in [5, 5.41) is 2.60. The van der Waals surface area contributed by atoms with Gasteiger partial charge < -0.3 is 14.8 Å². The van der Waals surface area contributed by atoms with Crippen molar-refractivity contribution in [2.75, 3.05) is 19.6 Å². The van der Waals surface area contributed by atoms with E-state index in [0.29, 0.717) is 13.1 Å². The van der Waals surface area contributed by atoms with Crippen molar-refractivity contribution in [1.82, 2.24) is 24.7 Å². The Morgan fingerprint density at radius 3 is 2.68 bits per heavy atom. The minimum absolute atomic E-state index is 0.177. The van der Waals surface area contributed by atoms with Crippen LogP contribution in [0.3, 0.4) is 0 Å². The molecule has 0 aromatic carbocycles. The zero-order valence-corrected chi connectivity index (χ0v) is 15.2. The van der Waals surface area contributed by atoms with Gasteiger partial charge in [0.15, 0.2) is 0 Å². The summed E-state index contributed by atoms with van der Waals surface area (Å²) < 4.78 is 2.01. The minimum atomic E-state index is -0.952. The SMILES string of the molecule is Cc1cn(C)c(C2CCCN(C(=O)CN3C(=O)NC(C)(C)C3=O)C2)n1. The quantitative estimate of drug-likeness (QED) is 0.818. The molecule has 0 saturated carbocycles.